The van der Waals surface area contributed by atoms with Crippen molar-refractivity contribution < 1.29 is 28.9 Å². The van der Waals surface area contributed by atoms with Crippen molar-refractivity contribution in [1.82, 2.24) is 0 Å². The van der Waals surface area contributed by atoms with Gasteiger partial charge in [-0.05, 0) is 39.0 Å². The predicted molar refractivity (Wildman–Crippen MR) is 81.4 cm³/mol. The summed E-state index contributed by atoms with van der Waals surface area (Å²) in [6.07, 6.45) is 2.71. The van der Waals surface area contributed by atoms with Crippen LogP contribution in [-0.2, 0) is 9.53 Å². The predicted octanol–water partition coefficient (Wildman–Crippen LogP) is 2.76. The minimum Gasteiger partial charge on any atom is -0.496 e. The van der Waals surface area contributed by atoms with Gasteiger partial charge in [-0.25, -0.2) is 9.59 Å². The molecular formula is C16H20O6. The second-order valence-corrected chi connectivity index (χ2v) is 5.47. The molecule has 1 N–H and O–H groups in total. The number of rotatable bonds is 5. The Labute approximate surface area is 129 Å². The lowest BCUT2D eigenvalue weighted by Gasteiger charge is -2.18. The third-order valence-corrected chi connectivity index (χ3v) is 2.58. The van der Waals surface area contributed by atoms with Crippen molar-refractivity contribution in [1.29, 1.82) is 0 Å². The molecule has 1 rings (SSSR count). The maximum absolute atomic E-state index is 11.7. The Hall–Kier alpha value is -2.50. The molecule has 0 fully saturated rings. The van der Waals surface area contributed by atoms with Gasteiger partial charge >= 0.3 is 11.9 Å². The van der Waals surface area contributed by atoms with Crippen molar-refractivity contribution >= 4 is 18.0 Å². The molecule has 6 heteroatoms. The molecule has 0 atom stereocenters. The smallest absolute Gasteiger partial charge is 0.335 e. The fourth-order valence-corrected chi connectivity index (χ4v) is 1.71. The molecular weight excluding hydrogens is 288 g/mol. The zero-order valence-electron chi connectivity index (χ0n) is 13.3. The first-order valence-corrected chi connectivity index (χ1v) is 6.58. The molecule has 120 valence electrons. The zero-order valence-corrected chi connectivity index (χ0v) is 13.3. The molecule has 0 spiro atoms. The SMILES string of the molecule is COc1cc(C(=O)O)cc(OC)c1C=CC(=O)OC(C)(C)C. The summed E-state index contributed by atoms with van der Waals surface area (Å²) in [5, 5.41) is 9.06. The fourth-order valence-electron chi connectivity index (χ4n) is 1.71. The van der Waals surface area contributed by atoms with E-state index in [0.717, 1.165) is 0 Å². The van der Waals surface area contributed by atoms with E-state index in [1.54, 1.807) is 20.8 Å². The summed E-state index contributed by atoms with van der Waals surface area (Å²) in [7, 11) is 2.82. The second kappa shape index (κ2) is 6.98. The number of carboxylic acids is 1. The van der Waals surface area contributed by atoms with Crippen LogP contribution in [0.5, 0.6) is 11.5 Å². The summed E-state index contributed by atoms with van der Waals surface area (Å²) in [4.78, 5) is 22.8. The molecule has 0 saturated carbocycles. The quantitative estimate of drug-likeness (QED) is 0.665. The number of ether oxygens (including phenoxy) is 3. The average molecular weight is 308 g/mol. The first-order valence-electron chi connectivity index (χ1n) is 6.58. The number of hydrogen-bond acceptors (Lipinski definition) is 5. The molecule has 0 aliphatic rings. The van der Waals surface area contributed by atoms with Crippen LogP contribution in [0.25, 0.3) is 6.08 Å². The summed E-state index contributed by atoms with van der Waals surface area (Å²) < 4.78 is 15.5. The van der Waals surface area contributed by atoms with Gasteiger partial charge in [0.1, 0.15) is 17.1 Å². The van der Waals surface area contributed by atoms with E-state index in [2.05, 4.69) is 0 Å². The fraction of sp³-hybridized carbons (Fsp3) is 0.375. The summed E-state index contributed by atoms with van der Waals surface area (Å²) >= 11 is 0. The highest BCUT2D eigenvalue weighted by Gasteiger charge is 2.16. The van der Waals surface area contributed by atoms with Gasteiger partial charge < -0.3 is 19.3 Å². The van der Waals surface area contributed by atoms with Gasteiger partial charge in [-0.3, -0.25) is 0 Å². The first kappa shape index (κ1) is 17.6. The van der Waals surface area contributed by atoms with Crippen LogP contribution in [-0.4, -0.2) is 36.9 Å². The van der Waals surface area contributed by atoms with Gasteiger partial charge in [0.15, 0.2) is 0 Å². The van der Waals surface area contributed by atoms with Crippen molar-refractivity contribution in [3.8, 4) is 11.5 Å². The molecule has 0 heterocycles. The third kappa shape index (κ3) is 4.80. The van der Waals surface area contributed by atoms with Gasteiger partial charge in [0.25, 0.3) is 0 Å². The van der Waals surface area contributed by atoms with E-state index in [9.17, 15) is 9.59 Å². The van der Waals surface area contributed by atoms with Crippen molar-refractivity contribution in [2.45, 2.75) is 26.4 Å². The molecule has 0 amide bonds. The van der Waals surface area contributed by atoms with Gasteiger partial charge in [0.2, 0.25) is 0 Å². The Morgan fingerprint density at radius 2 is 1.59 bits per heavy atom. The van der Waals surface area contributed by atoms with Crippen LogP contribution >= 0.6 is 0 Å². The number of aromatic carboxylic acids is 1. The normalized spacial score (nSPS) is 11.3. The van der Waals surface area contributed by atoms with E-state index in [4.69, 9.17) is 19.3 Å². The van der Waals surface area contributed by atoms with Gasteiger partial charge in [0.05, 0.1) is 25.3 Å². The number of carboxylic acid groups (broad SMARTS) is 1. The molecule has 0 aliphatic carbocycles. The van der Waals surface area contributed by atoms with Gasteiger partial charge in [-0.1, -0.05) is 0 Å². The van der Waals surface area contributed by atoms with Crippen molar-refractivity contribution in [3.05, 3.63) is 29.3 Å². The number of esters is 1. The monoisotopic (exact) mass is 308 g/mol. The number of carbonyl (C=O) groups excluding carboxylic acids is 1. The van der Waals surface area contributed by atoms with Crippen LogP contribution in [0.15, 0.2) is 18.2 Å². The maximum Gasteiger partial charge on any atom is 0.335 e. The molecule has 1 aromatic rings. The summed E-state index contributed by atoms with van der Waals surface area (Å²) in [6, 6.07) is 2.72. The Balaban J connectivity index is 3.18. The third-order valence-electron chi connectivity index (χ3n) is 2.58. The summed E-state index contributed by atoms with van der Waals surface area (Å²) in [5.41, 5.74) is -0.105. The topological polar surface area (TPSA) is 82.1 Å². The number of hydrogen-bond donors (Lipinski definition) is 1. The van der Waals surface area contributed by atoms with Crippen LogP contribution < -0.4 is 9.47 Å². The van der Waals surface area contributed by atoms with Crippen molar-refractivity contribution in [2.24, 2.45) is 0 Å². The van der Waals surface area contributed by atoms with E-state index in [1.807, 2.05) is 0 Å². The van der Waals surface area contributed by atoms with E-state index in [0.29, 0.717) is 5.56 Å². The molecule has 0 bridgehead atoms. The highest BCUT2D eigenvalue weighted by Crippen LogP contribution is 2.32. The lowest BCUT2D eigenvalue weighted by molar-refractivity contribution is -0.148. The second-order valence-electron chi connectivity index (χ2n) is 5.47. The van der Waals surface area contributed by atoms with Crippen LogP contribution in [0.4, 0.5) is 0 Å². The Morgan fingerprint density at radius 3 is 1.95 bits per heavy atom. The molecule has 1 aromatic carbocycles. The van der Waals surface area contributed by atoms with Gasteiger partial charge in [-0.2, -0.15) is 0 Å². The number of carbonyl (C=O) groups is 2. The molecule has 22 heavy (non-hydrogen) atoms. The van der Waals surface area contributed by atoms with Crippen LogP contribution in [0, 0.1) is 0 Å². The summed E-state index contributed by atoms with van der Waals surface area (Å²) in [6.45, 7) is 5.30. The lowest BCUT2D eigenvalue weighted by atomic mass is 10.1. The van der Waals surface area contributed by atoms with Crippen molar-refractivity contribution in [3.63, 3.8) is 0 Å². The van der Waals surface area contributed by atoms with E-state index < -0.39 is 17.5 Å². The maximum atomic E-state index is 11.7. The van der Waals surface area contributed by atoms with Crippen LogP contribution in [0.2, 0.25) is 0 Å². The van der Waals surface area contributed by atoms with Crippen LogP contribution in [0.1, 0.15) is 36.7 Å². The van der Waals surface area contributed by atoms with E-state index >= 15 is 0 Å². The Morgan fingerprint density at radius 1 is 1.09 bits per heavy atom. The van der Waals surface area contributed by atoms with Gasteiger partial charge in [-0.15, -0.1) is 0 Å². The standard InChI is InChI=1S/C16H20O6/c1-16(2,3)22-14(17)7-6-11-12(20-4)8-10(15(18)19)9-13(11)21-5/h6-9H,1-5H3,(H,18,19). The molecule has 0 aliphatic heterocycles. The number of benzene rings is 1. The van der Waals surface area contributed by atoms with Crippen LogP contribution in [0.3, 0.4) is 0 Å². The molecule has 0 saturated heterocycles. The van der Waals surface area contributed by atoms with E-state index in [1.165, 1.54) is 38.5 Å². The largest absolute Gasteiger partial charge is 0.496 e. The Kier molecular flexibility index (Phi) is 5.56. The average Bonchev–Trinajstić information content (AvgIpc) is 2.41. The minimum absolute atomic E-state index is 0.0307. The van der Waals surface area contributed by atoms with Gasteiger partial charge in [0, 0.05) is 6.08 Å². The molecule has 0 aromatic heterocycles. The minimum atomic E-state index is -1.10. The van der Waals surface area contributed by atoms with Crippen molar-refractivity contribution in [2.75, 3.05) is 14.2 Å². The molecule has 0 unspecified atom stereocenters. The summed E-state index contributed by atoms with van der Waals surface area (Å²) in [5.74, 6) is -1.04. The van der Waals surface area contributed by atoms with E-state index in [-0.39, 0.29) is 17.1 Å². The lowest BCUT2D eigenvalue weighted by Crippen LogP contribution is -2.22. The number of methoxy groups -OCH3 is 2. The first-order chi connectivity index (χ1) is 10.2. The molecule has 6 nitrogen and oxygen atoms in total. The molecule has 0 radical (unpaired) electrons. The zero-order chi connectivity index (χ0) is 16.9. The highest BCUT2D eigenvalue weighted by atomic mass is 16.6. The highest BCUT2D eigenvalue weighted by molar-refractivity contribution is 5.92. The Bertz CT molecular complexity index is 570.